The predicted molar refractivity (Wildman–Crippen MR) is 64.2 cm³/mol. The number of ketones is 1. The number of Topliss-reactive ketones (excluding diaryl/α,β-unsaturated/α-hetero) is 1. The number of rotatable bonds is 4. The maximum Gasteiger partial charge on any atom is 0.573 e. The molecular formula is C11H10ClF3O2S. The molecule has 0 bridgehead atoms. The first-order chi connectivity index (χ1) is 8.24. The Bertz CT molecular complexity index is 448. The van der Waals surface area contributed by atoms with Crippen molar-refractivity contribution in [1.82, 2.24) is 0 Å². The van der Waals surface area contributed by atoms with Gasteiger partial charge in [-0.25, -0.2) is 0 Å². The highest BCUT2D eigenvalue weighted by Gasteiger charge is 2.31. The Balaban J connectivity index is 3.07. The fourth-order valence-corrected chi connectivity index (χ4v) is 2.23. The van der Waals surface area contributed by atoms with Crippen LogP contribution in [-0.2, 0) is 4.79 Å². The first-order valence-corrected chi connectivity index (χ1v) is 6.49. The zero-order valence-corrected chi connectivity index (χ0v) is 11.1. The van der Waals surface area contributed by atoms with Gasteiger partial charge in [0, 0.05) is 4.90 Å². The smallest absolute Gasteiger partial charge is 0.406 e. The quantitative estimate of drug-likeness (QED) is 0.616. The Morgan fingerprint density at radius 3 is 2.50 bits per heavy atom. The van der Waals surface area contributed by atoms with Crippen molar-refractivity contribution in [2.45, 2.75) is 23.6 Å². The van der Waals surface area contributed by atoms with Crippen molar-refractivity contribution in [3.05, 3.63) is 23.8 Å². The van der Waals surface area contributed by atoms with E-state index < -0.39 is 11.7 Å². The molecule has 0 aliphatic carbocycles. The van der Waals surface area contributed by atoms with Crippen LogP contribution in [-0.4, -0.2) is 18.4 Å². The number of alkyl halides is 4. The average Bonchev–Trinajstić information content (AvgIpc) is 2.25. The van der Waals surface area contributed by atoms with E-state index in [4.69, 9.17) is 11.6 Å². The molecule has 7 heteroatoms. The van der Waals surface area contributed by atoms with Crippen molar-refractivity contribution in [2.75, 3.05) is 6.26 Å². The molecule has 1 aromatic rings. The zero-order valence-electron chi connectivity index (χ0n) is 9.55. The number of hydrogen-bond acceptors (Lipinski definition) is 3. The summed E-state index contributed by atoms with van der Waals surface area (Å²) in [7, 11) is 0. The van der Waals surface area contributed by atoms with Crippen LogP contribution in [0.2, 0.25) is 0 Å². The van der Waals surface area contributed by atoms with Gasteiger partial charge in [-0.3, -0.25) is 4.79 Å². The van der Waals surface area contributed by atoms with E-state index in [-0.39, 0.29) is 11.5 Å². The summed E-state index contributed by atoms with van der Waals surface area (Å²) in [5.41, 5.74) is 0.478. The number of benzene rings is 1. The molecule has 0 aliphatic heterocycles. The van der Waals surface area contributed by atoms with Gasteiger partial charge in [0.1, 0.15) is 11.1 Å². The van der Waals surface area contributed by atoms with Gasteiger partial charge in [-0.05, 0) is 30.9 Å². The number of ether oxygens (including phenoxy) is 1. The van der Waals surface area contributed by atoms with Gasteiger partial charge >= 0.3 is 6.36 Å². The van der Waals surface area contributed by atoms with Crippen molar-refractivity contribution in [3.63, 3.8) is 0 Å². The van der Waals surface area contributed by atoms with Crippen molar-refractivity contribution in [3.8, 4) is 5.75 Å². The number of thioether (sulfide) groups is 1. The third-order valence-electron chi connectivity index (χ3n) is 2.07. The number of halogens is 4. The molecule has 1 atom stereocenters. The highest BCUT2D eigenvalue weighted by atomic mass is 35.5. The molecule has 0 saturated carbocycles. The summed E-state index contributed by atoms with van der Waals surface area (Å²) in [6.07, 6.45) is -3.06. The topological polar surface area (TPSA) is 26.3 Å². The van der Waals surface area contributed by atoms with Gasteiger partial charge in [-0.15, -0.1) is 36.5 Å². The fraction of sp³-hybridized carbons (Fsp3) is 0.364. The number of hydrogen-bond donors (Lipinski definition) is 0. The molecule has 0 N–H and O–H groups in total. The van der Waals surface area contributed by atoms with E-state index in [1.165, 1.54) is 30.8 Å². The molecule has 0 amide bonds. The molecular weight excluding hydrogens is 289 g/mol. The van der Waals surface area contributed by atoms with Crippen LogP contribution >= 0.6 is 23.4 Å². The van der Waals surface area contributed by atoms with E-state index in [0.29, 0.717) is 10.5 Å². The first kappa shape index (κ1) is 15.2. The summed E-state index contributed by atoms with van der Waals surface area (Å²) in [6, 6.07) is 3.72. The summed E-state index contributed by atoms with van der Waals surface area (Å²) in [6.45, 7) is 1.32. The average molecular weight is 299 g/mol. The minimum atomic E-state index is -4.74. The highest BCUT2D eigenvalue weighted by molar-refractivity contribution is 7.98. The van der Waals surface area contributed by atoms with Crippen LogP contribution in [0.25, 0.3) is 0 Å². The largest absolute Gasteiger partial charge is 0.573 e. The lowest BCUT2D eigenvalue weighted by atomic mass is 10.1. The summed E-state index contributed by atoms with van der Waals surface area (Å²) < 4.78 is 40.0. The molecule has 0 radical (unpaired) electrons. The summed E-state index contributed by atoms with van der Waals surface area (Å²) in [4.78, 5) is 11.7. The molecule has 0 saturated heterocycles. The molecule has 0 heterocycles. The van der Waals surface area contributed by atoms with E-state index >= 15 is 0 Å². The van der Waals surface area contributed by atoms with Crippen LogP contribution in [0.4, 0.5) is 13.2 Å². The maximum atomic E-state index is 12.1. The fourth-order valence-electron chi connectivity index (χ4n) is 1.32. The van der Waals surface area contributed by atoms with Gasteiger partial charge in [0.05, 0.1) is 0 Å². The molecule has 0 aromatic heterocycles. The molecule has 100 valence electrons. The molecule has 1 unspecified atom stereocenters. The van der Waals surface area contributed by atoms with Gasteiger partial charge < -0.3 is 4.74 Å². The molecule has 0 spiro atoms. The lowest BCUT2D eigenvalue weighted by molar-refractivity contribution is -0.274. The maximum absolute atomic E-state index is 12.1. The molecule has 1 aromatic carbocycles. The minimum absolute atomic E-state index is 0.267. The Hall–Kier alpha value is -0.880. The van der Waals surface area contributed by atoms with Crippen molar-refractivity contribution >= 4 is 29.1 Å². The van der Waals surface area contributed by atoms with Gasteiger partial charge in [0.25, 0.3) is 0 Å². The Morgan fingerprint density at radius 2 is 2.06 bits per heavy atom. The minimum Gasteiger partial charge on any atom is -0.406 e. The van der Waals surface area contributed by atoms with Crippen molar-refractivity contribution < 1.29 is 22.7 Å². The van der Waals surface area contributed by atoms with Crippen LogP contribution in [0, 0.1) is 0 Å². The monoisotopic (exact) mass is 298 g/mol. The number of carbonyl (C=O) groups is 1. The second-order valence-electron chi connectivity index (χ2n) is 3.42. The van der Waals surface area contributed by atoms with E-state index in [1.54, 1.807) is 6.26 Å². The molecule has 0 fully saturated rings. The van der Waals surface area contributed by atoms with Crippen molar-refractivity contribution in [2.24, 2.45) is 0 Å². The normalized spacial score (nSPS) is 13.2. The Kier molecular flexibility index (Phi) is 4.92. The molecule has 18 heavy (non-hydrogen) atoms. The second-order valence-corrected chi connectivity index (χ2v) is 4.71. The van der Waals surface area contributed by atoms with Crippen LogP contribution in [0.1, 0.15) is 17.9 Å². The van der Waals surface area contributed by atoms with E-state index in [1.807, 2.05) is 0 Å². The second kappa shape index (κ2) is 5.84. The lowest BCUT2D eigenvalue weighted by Crippen LogP contribution is -2.17. The Morgan fingerprint density at radius 1 is 1.44 bits per heavy atom. The van der Waals surface area contributed by atoms with E-state index in [0.717, 1.165) is 6.07 Å². The molecule has 1 rings (SSSR count). The van der Waals surface area contributed by atoms with Crippen molar-refractivity contribution in [1.29, 1.82) is 0 Å². The third-order valence-corrected chi connectivity index (χ3v) is 3.40. The van der Waals surface area contributed by atoms with Gasteiger partial charge in [-0.1, -0.05) is 6.07 Å². The third kappa shape index (κ3) is 4.10. The van der Waals surface area contributed by atoms with Gasteiger partial charge in [-0.2, -0.15) is 0 Å². The lowest BCUT2D eigenvalue weighted by Gasteiger charge is -2.14. The Labute approximate surface area is 111 Å². The van der Waals surface area contributed by atoms with Crippen LogP contribution in [0.3, 0.4) is 0 Å². The highest BCUT2D eigenvalue weighted by Crippen LogP contribution is 2.34. The zero-order chi connectivity index (χ0) is 13.9. The van der Waals surface area contributed by atoms with E-state index in [9.17, 15) is 18.0 Å². The van der Waals surface area contributed by atoms with E-state index in [2.05, 4.69) is 4.74 Å². The predicted octanol–water partition coefficient (Wildman–Crippen LogP) is 4.18. The first-order valence-electron chi connectivity index (χ1n) is 4.83. The molecule has 2 nitrogen and oxygen atoms in total. The summed E-state index contributed by atoms with van der Waals surface area (Å²) in [5, 5.41) is -0.868. The number of carbonyl (C=O) groups excluding carboxylic acids is 1. The van der Waals surface area contributed by atoms with Crippen LogP contribution < -0.4 is 4.74 Å². The van der Waals surface area contributed by atoms with Gasteiger partial charge in [0.2, 0.25) is 0 Å². The standard InChI is InChI=1S/C11H10ClF3O2S/c1-6(16)10(12)8-4-3-7(5-9(8)18-2)17-11(13,14)15/h3-5,10H,1-2H3. The summed E-state index contributed by atoms with van der Waals surface area (Å²) in [5.74, 6) is -0.598. The van der Waals surface area contributed by atoms with Crippen LogP contribution in [0.5, 0.6) is 5.75 Å². The summed E-state index contributed by atoms with van der Waals surface area (Å²) >= 11 is 7.08. The molecule has 0 aliphatic rings. The van der Waals surface area contributed by atoms with Crippen LogP contribution in [0.15, 0.2) is 23.1 Å². The SMILES string of the molecule is CSc1cc(OC(F)(F)F)ccc1C(Cl)C(C)=O. The van der Waals surface area contributed by atoms with Gasteiger partial charge in [0.15, 0.2) is 5.78 Å².